The predicted octanol–water partition coefficient (Wildman–Crippen LogP) is 7.76. The van der Waals surface area contributed by atoms with Crippen molar-refractivity contribution in [2.75, 3.05) is 6.61 Å². The van der Waals surface area contributed by atoms with E-state index in [2.05, 4.69) is 13.8 Å². The van der Waals surface area contributed by atoms with E-state index in [1.54, 1.807) is 12.1 Å². The van der Waals surface area contributed by atoms with Gasteiger partial charge in [0, 0.05) is 0 Å². The Kier molecular flexibility index (Phi) is 14.7. The fraction of sp³-hybridized carbons (Fsp3) is 0.704. The van der Waals surface area contributed by atoms with E-state index < -0.39 is 11.9 Å². The van der Waals surface area contributed by atoms with Crippen LogP contribution in [0.4, 0.5) is 0 Å². The van der Waals surface area contributed by atoms with Crippen molar-refractivity contribution in [3.63, 3.8) is 0 Å². The van der Waals surface area contributed by atoms with Gasteiger partial charge in [-0.15, -0.1) is 0 Å². The van der Waals surface area contributed by atoms with Gasteiger partial charge in [-0.1, -0.05) is 85.0 Å². The number of carboxylic acid groups (broad SMARTS) is 1. The first-order chi connectivity index (χ1) is 15.0. The standard InChI is InChI=1S/C27H44O4/c1-4-7-9-11-13-15-17-22-20-24(26(28)29)25(27(30)31-19-6-3)21-23(22)18-16-14-12-10-8-5-2/h20-21H,4-19H2,1-3H3,(H,28,29). The van der Waals surface area contributed by atoms with Gasteiger partial charge in [-0.3, -0.25) is 0 Å². The summed E-state index contributed by atoms with van der Waals surface area (Å²) in [5.41, 5.74) is 2.49. The third-order valence-electron chi connectivity index (χ3n) is 5.83. The number of hydrogen-bond donors (Lipinski definition) is 1. The zero-order valence-corrected chi connectivity index (χ0v) is 20.1. The number of carbonyl (C=O) groups is 2. The molecule has 0 radical (unpaired) electrons. The highest BCUT2D eigenvalue weighted by Gasteiger charge is 2.21. The molecule has 0 amide bonds. The number of carboxylic acids is 1. The highest BCUT2D eigenvalue weighted by molar-refractivity contribution is 6.02. The summed E-state index contributed by atoms with van der Waals surface area (Å²) < 4.78 is 5.27. The average Bonchev–Trinajstić information content (AvgIpc) is 2.76. The Morgan fingerprint density at radius 3 is 1.58 bits per heavy atom. The molecule has 1 aromatic carbocycles. The Bertz CT molecular complexity index is 651. The lowest BCUT2D eigenvalue weighted by Gasteiger charge is -2.15. The van der Waals surface area contributed by atoms with Crippen LogP contribution in [0.5, 0.6) is 0 Å². The maximum absolute atomic E-state index is 12.5. The van der Waals surface area contributed by atoms with Gasteiger partial charge in [0.15, 0.2) is 0 Å². The second kappa shape index (κ2) is 16.8. The first-order valence-corrected chi connectivity index (χ1v) is 12.6. The van der Waals surface area contributed by atoms with Crippen LogP contribution in [-0.2, 0) is 17.6 Å². The molecule has 1 aromatic rings. The minimum atomic E-state index is -1.06. The van der Waals surface area contributed by atoms with Crippen molar-refractivity contribution >= 4 is 11.9 Å². The molecular formula is C27H44O4. The van der Waals surface area contributed by atoms with Crippen LogP contribution in [0.1, 0.15) is 136 Å². The third-order valence-corrected chi connectivity index (χ3v) is 5.83. The highest BCUT2D eigenvalue weighted by Crippen LogP contribution is 2.23. The molecule has 0 aliphatic rings. The molecule has 0 atom stereocenters. The van der Waals surface area contributed by atoms with Crippen molar-refractivity contribution in [1.82, 2.24) is 0 Å². The lowest BCUT2D eigenvalue weighted by Crippen LogP contribution is -2.14. The smallest absolute Gasteiger partial charge is 0.339 e. The van der Waals surface area contributed by atoms with Crippen molar-refractivity contribution in [2.45, 2.75) is 117 Å². The van der Waals surface area contributed by atoms with E-state index in [0.29, 0.717) is 6.61 Å². The van der Waals surface area contributed by atoms with Crippen molar-refractivity contribution in [3.05, 3.63) is 34.4 Å². The molecule has 1 rings (SSSR count). The Balaban J connectivity index is 2.94. The van der Waals surface area contributed by atoms with Crippen molar-refractivity contribution < 1.29 is 19.4 Å². The molecule has 0 fully saturated rings. The van der Waals surface area contributed by atoms with Crippen LogP contribution in [0.15, 0.2) is 12.1 Å². The molecule has 0 saturated heterocycles. The Morgan fingerprint density at radius 2 is 1.13 bits per heavy atom. The molecule has 0 heterocycles. The number of aromatic carboxylic acids is 1. The minimum absolute atomic E-state index is 0.0776. The topological polar surface area (TPSA) is 63.6 Å². The summed E-state index contributed by atoms with van der Waals surface area (Å²) in [6, 6.07) is 3.54. The summed E-state index contributed by atoms with van der Waals surface area (Å²) in [5.74, 6) is -1.58. The van der Waals surface area contributed by atoms with E-state index in [1.165, 1.54) is 64.2 Å². The van der Waals surface area contributed by atoms with E-state index in [-0.39, 0.29) is 11.1 Å². The van der Waals surface area contributed by atoms with E-state index in [4.69, 9.17) is 4.74 Å². The Morgan fingerprint density at radius 1 is 0.677 bits per heavy atom. The quantitative estimate of drug-likeness (QED) is 0.190. The molecule has 4 heteroatoms. The van der Waals surface area contributed by atoms with Gasteiger partial charge in [-0.25, -0.2) is 9.59 Å². The van der Waals surface area contributed by atoms with Crippen LogP contribution in [0.3, 0.4) is 0 Å². The van der Waals surface area contributed by atoms with Gasteiger partial charge in [0.2, 0.25) is 0 Å². The average molecular weight is 433 g/mol. The van der Waals surface area contributed by atoms with E-state index >= 15 is 0 Å². The minimum Gasteiger partial charge on any atom is -0.478 e. The second-order valence-electron chi connectivity index (χ2n) is 8.64. The normalized spacial score (nSPS) is 10.9. The van der Waals surface area contributed by atoms with E-state index in [0.717, 1.165) is 43.2 Å². The van der Waals surface area contributed by atoms with Gasteiger partial charge in [-0.05, 0) is 55.4 Å². The van der Waals surface area contributed by atoms with Crippen LogP contribution in [0.25, 0.3) is 0 Å². The van der Waals surface area contributed by atoms with E-state index in [9.17, 15) is 14.7 Å². The van der Waals surface area contributed by atoms with Gasteiger partial charge in [0.25, 0.3) is 0 Å². The summed E-state index contributed by atoms with van der Waals surface area (Å²) in [6.45, 7) is 6.68. The number of rotatable bonds is 18. The number of carbonyl (C=O) groups excluding carboxylic acids is 1. The lowest BCUT2D eigenvalue weighted by atomic mass is 9.91. The van der Waals surface area contributed by atoms with Crippen LogP contribution in [0, 0.1) is 0 Å². The first-order valence-electron chi connectivity index (χ1n) is 12.6. The van der Waals surface area contributed by atoms with Crippen molar-refractivity contribution in [3.8, 4) is 0 Å². The van der Waals surface area contributed by atoms with Crippen LogP contribution in [0.2, 0.25) is 0 Å². The summed E-state index contributed by atoms with van der Waals surface area (Å²) in [7, 11) is 0. The van der Waals surface area contributed by atoms with Gasteiger partial charge in [0.05, 0.1) is 17.7 Å². The largest absolute Gasteiger partial charge is 0.478 e. The first kappa shape index (κ1) is 27.2. The van der Waals surface area contributed by atoms with E-state index in [1.807, 2.05) is 6.92 Å². The SMILES string of the molecule is CCCCCCCCc1cc(C(=O)O)c(C(=O)OCCC)cc1CCCCCCCC. The monoisotopic (exact) mass is 432 g/mol. The molecular weight excluding hydrogens is 388 g/mol. The molecule has 0 unspecified atom stereocenters. The number of esters is 1. The third kappa shape index (κ3) is 10.8. The predicted molar refractivity (Wildman–Crippen MR) is 128 cm³/mol. The van der Waals surface area contributed by atoms with Crippen molar-refractivity contribution in [1.29, 1.82) is 0 Å². The van der Waals surface area contributed by atoms with Crippen LogP contribution >= 0.6 is 0 Å². The zero-order chi connectivity index (χ0) is 22.9. The summed E-state index contributed by atoms with van der Waals surface area (Å²) >= 11 is 0. The highest BCUT2D eigenvalue weighted by atomic mass is 16.5. The van der Waals surface area contributed by atoms with Gasteiger partial charge in [0.1, 0.15) is 0 Å². The summed E-state index contributed by atoms with van der Waals surface area (Å²) in [4.78, 5) is 24.4. The van der Waals surface area contributed by atoms with Gasteiger partial charge < -0.3 is 9.84 Å². The second-order valence-corrected chi connectivity index (χ2v) is 8.64. The molecule has 176 valence electrons. The van der Waals surface area contributed by atoms with Crippen LogP contribution in [-0.4, -0.2) is 23.7 Å². The number of ether oxygens (including phenoxy) is 1. The molecule has 0 bridgehead atoms. The Labute approximate surface area is 189 Å². The summed E-state index contributed by atoms with van der Waals surface area (Å²) in [6.07, 6.45) is 17.0. The number of hydrogen-bond acceptors (Lipinski definition) is 3. The fourth-order valence-corrected chi connectivity index (χ4v) is 3.96. The maximum Gasteiger partial charge on any atom is 0.339 e. The molecule has 31 heavy (non-hydrogen) atoms. The molecule has 0 saturated carbocycles. The number of unbranched alkanes of at least 4 members (excludes halogenated alkanes) is 10. The van der Waals surface area contributed by atoms with Crippen molar-refractivity contribution in [2.24, 2.45) is 0 Å². The Hall–Kier alpha value is -1.84. The molecule has 0 aromatic heterocycles. The zero-order valence-electron chi connectivity index (χ0n) is 20.1. The van der Waals surface area contributed by atoms with Crippen LogP contribution < -0.4 is 0 Å². The molecule has 0 spiro atoms. The molecule has 0 aliphatic carbocycles. The fourth-order valence-electron chi connectivity index (χ4n) is 3.96. The number of benzene rings is 1. The molecule has 4 nitrogen and oxygen atoms in total. The van der Waals surface area contributed by atoms with Gasteiger partial charge in [-0.2, -0.15) is 0 Å². The number of aryl methyl sites for hydroxylation is 2. The van der Waals surface area contributed by atoms with Gasteiger partial charge >= 0.3 is 11.9 Å². The molecule has 1 N–H and O–H groups in total. The maximum atomic E-state index is 12.5. The summed E-state index contributed by atoms with van der Waals surface area (Å²) in [5, 5.41) is 9.71. The molecule has 0 aliphatic heterocycles. The lowest BCUT2D eigenvalue weighted by molar-refractivity contribution is 0.0494.